The number of benzene rings is 1. The molecular weight excluding hydrogens is 208 g/mol. The zero-order valence-corrected chi connectivity index (χ0v) is 9.01. The number of rotatable bonds is 5. The van der Waals surface area contributed by atoms with Crippen molar-refractivity contribution < 1.29 is 19.7 Å². The third-order valence-electron chi connectivity index (χ3n) is 1.96. The van der Waals surface area contributed by atoms with E-state index in [9.17, 15) is 9.90 Å². The number of carboxylic acid groups (broad SMARTS) is 1. The van der Waals surface area contributed by atoms with Crippen LogP contribution in [0.2, 0.25) is 0 Å². The number of carboxylic acids is 1. The SMILES string of the molecule is CCO/C=C/c1cc(CC(=O)O)ccc1O. The monoisotopic (exact) mass is 222 g/mol. The molecule has 0 heterocycles. The molecule has 4 heteroatoms. The fraction of sp³-hybridized carbons (Fsp3) is 0.250. The average molecular weight is 222 g/mol. The summed E-state index contributed by atoms with van der Waals surface area (Å²) in [5, 5.41) is 18.2. The zero-order valence-electron chi connectivity index (χ0n) is 9.01. The summed E-state index contributed by atoms with van der Waals surface area (Å²) in [4.78, 5) is 10.5. The summed E-state index contributed by atoms with van der Waals surface area (Å²) in [6.07, 6.45) is 3.01. The normalized spacial score (nSPS) is 10.6. The van der Waals surface area contributed by atoms with Gasteiger partial charge in [-0.3, -0.25) is 4.79 Å². The van der Waals surface area contributed by atoms with E-state index >= 15 is 0 Å². The fourth-order valence-electron chi connectivity index (χ4n) is 1.24. The molecule has 0 fully saturated rings. The lowest BCUT2D eigenvalue weighted by Gasteiger charge is -2.02. The van der Waals surface area contributed by atoms with E-state index in [1.165, 1.54) is 12.3 Å². The van der Waals surface area contributed by atoms with Crippen LogP contribution in [0.5, 0.6) is 5.75 Å². The van der Waals surface area contributed by atoms with Crippen LogP contribution in [0.4, 0.5) is 0 Å². The van der Waals surface area contributed by atoms with Crippen LogP contribution in [-0.4, -0.2) is 22.8 Å². The van der Waals surface area contributed by atoms with E-state index in [2.05, 4.69) is 0 Å². The molecule has 1 rings (SSSR count). The Balaban J connectivity index is 2.85. The molecule has 0 bridgehead atoms. The van der Waals surface area contributed by atoms with E-state index in [0.717, 1.165) is 0 Å². The molecule has 0 spiro atoms. The van der Waals surface area contributed by atoms with Crippen LogP contribution in [0.15, 0.2) is 24.5 Å². The van der Waals surface area contributed by atoms with Crippen LogP contribution >= 0.6 is 0 Å². The van der Waals surface area contributed by atoms with Crippen molar-refractivity contribution in [2.24, 2.45) is 0 Å². The molecule has 0 unspecified atom stereocenters. The standard InChI is InChI=1S/C12H14O4/c1-2-16-6-5-10-7-9(8-12(14)15)3-4-11(10)13/h3-7,13H,2,8H2,1H3,(H,14,15)/b6-5+. The molecular formula is C12H14O4. The fourth-order valence-corrected chi connectivity index (χ4v) is 1.24. The van der Waals surface area contributed by atoms with Gasteiger partial charge in [-0.05, 0) is 30.7 Å². The van der Waals surface area contributed by atoms with Gasteiger partial charge in [-0.15, -0.1) is 0 Å². The lowest BCUT2D eigenvalue weighted by molar-refractivity contribution is -0.136. The maximum atomic E-state index is 10.5. The third kappa shape index (κ3) is 3.65. The Labute approximate surface area is 93.8 Å². The van der Waals surface area contributed by atoms with Crippen molar-refractivity contribution in [2.75, 3.05) is 6.61 Å². The van der Waals surface area contributed by atoms with Crippen molar-refractivity contribution in [3.05, 3.63) is 35.6 Å². The highest BCUT2D eigenvalue weighted by atomic mass is 16.5. The first-order chi connectivity index (χ1) is 7.63. The lowest BCUT2D eigenvalue weighted by Crippen LogP contribution is -1.99. The maximum absolute atomic E-state index is 10.5. The minimum absolute atomic E-state index is 0.0598. The quantitative estimate of drug-likeness (QED) is 0.748. The van der Waals surface area contributed by atoms with Gasteiger partial charge in [-0.2, -0.15) is 0 Å². The molecule has 1 aromatic carbocycles. The van der Waals surface area contributed by atoms with Gasteiger partial charge in [0, 0.05) is 5.56 Å². The highest BCUT2D eigenvalue weighted by Crippen LogP contribution is 2.20. The van der Waals surface area contributed by atoms with Crippen LogP contribution in [0.1, 0.15) is 18.1 Å². The average Bonchev–Trinajstić information content (AvgIpc) is 2.22. The molecule has 0 radical (unpaired) electrons. The number of hydrogen-bond acceptors (Lipinski definition) is 3. The van der Waals surface area contributed by atoms with Gasteiger partial charge in [0.15, 0.2) is 0 Å². The molecule has 2 N–H and O–H groups in total. The molecule has 0 aliphatic rings. The first-order valence-corrected chi connectivity index (χ1v) is 4.95. The molecule has 86 valence electrons. The number of phenols is 1. The molecule has 0 amide bonds. The smallest absolute Gasteiger partial charge is 0.307 e. The summed E-state index contributed by atoms with van der Waals surface area (Å²) in [5.41, 5.74) is 1.19. The van der Waals surface area contributed by atoms with Crippen molar-refractivity contribution in [2.45, 2.75) is 13.3 Å². The minimum atomic E-state index is -0.898. The van der Waals surface area contributed by atoms with Gasteiger partial charge in [0.25, 0.3) is 0 Å². The predicted molar refractivity (Wildman–Crippen MR) is 60.1 cm³/mol. The van der Waals surface area contributed by atoms with Crippen molar-refractivity contribution in [3.8, 4) is 5.75 Å². The second-order valence-corrected chi connectivity index (χ2v) is 3.22. The number of hydrogen-bond donors (Lipinski definition) is 2. The Bertz CT molecular complexity index is 396. The first-order valence-electron chi connectivity index (χ1n) is 4.95. The predicted octanol–water partition coefficient (Wildman–Crippen LogP) is 2.03. The summed E-state index contributed by atoms with van der Waals surface area (Å²) in [6, 6.07) is 4.68. The second kappa shape index (κ2) is 5.80. The largest absolute Gasteiger partial charge is 0.507 e. The van der Waals surface area contributed by atoms with E-state index in [1.807, 2.05) is 6.92 Å². The Morgan fingerprint density at radius 2 is 2.25 bits per heavy atom. The molecule has 16 heavy (non-hydrogen) atoms. The number of carbonyl (C=O) groups is 1. The van der Waals surface area contributed by atoms with Gasteiger partial charge in [-0.25, -0.2) is 0 Å². The third-order valence-corrected chi connectivity index (χ3v) is 1.96. The summed E-state index contributed by atoms with van der Waals surface area (Å²) in [6.45, 7) is 2.40. The Hall–Kier alpha value is -1.97. The van der Waals surface area contributed by atoms with Gasteiger partial charge in [-0.1, -0.05) is 6.07 Å². The molecule has 0 aliphatic carbocycles. The molecule has 0 saturated heterocycles. The van der Waals surface area contributed by atoms with Crippen LogP contribution in [0.25, 0.3) is 6.08 Å². The molecule has 0 aromatic heterocycles. The van der Waals surface area contributed by atoms with Gasteiger partial charge in [0.2, 0.25) is 0 Å². The molecule has 0 aliphatic heterocycles. The van der Waals surface area contributed by atoms with E-state index in [-0.39, 0.29) is 12.2 Å². The number of aromatic hydroxyl groups is 1. The van der Waals surface area contributed by atoms with Crippen molar-refractivity contribution in [1.82, 2.24) is 0 Å². The van der Waals surface area contributed by atoms with E-state index in [4.69, 9.17) is 9.84 Å². The van der Waals surface area contributed by atoms with Crippen LogP contribution < -0.4 is 0 Å². The molecule has 1 aromatic rings. The summed E-state index contributed by atoms with van der Waals surface area (Å²) >= 11 is 0. The number of phenolic OH excluding ortho intramolecular Hbond substituents is 1. The highest BCUT2D eigenvalue weighted by Gasteiger charge is 2.03. The summed E-state index contributed by atoms with van der Waals surface area (Å²) in [5.74, 6) is -0.796. The molecule has 4 nitrogen and oxygen atoms in total. The van der Waals surface area contributed by atoms with Gasteiger partial charge in [0.1, 0.15) is 5.75 Å². The van der Waals surface area contributed by atoms with E-state index in [1.54, 1.807) is 18.2 Å². The van der Waals surface area contributed by atoms with Crippen LogP contribution in [0.3, 0.4) is 0 Å². The van der Waals surface area contributed by atoms with Gasteiger partial charge < -0.3 is 14.9 Å². The van der Waals surface area contributed by atoms with Gasteiger partial charge >= 0.3 is 5.97 Å². The van der Waals surface area contributed by atoms with E-state index in [0.29, 0.717) is 17.7 Å². The zero-order chi connectivity index (χ0) is 12.0. The Kier molecular flexibility index (Phi) is 4.39. The van der Waals surface area contributed by atoms with Crippen molar-refractivity contribution in [3.63, 3.8) is 0 Å². The minimum Gasteiger partial charge on any atom is -0.507 e. The number of ether oxygens (including phenoxy) is 1. The van der Waals surface area contributed by atoms with Crippen LogP contribution in [-0.2, 0) is 16.0 Å². The van der Waals surface area contributed by atoms with Crippen LogP contribution in [0, 0.1) is 0 Å². The second-order valence-electron chi connectivity index (χ2n) is 3.22. The van der Waals surface area contributed by atoms with Gasteiger partial charge in [0.05, 0.1) is 19.3 Å². The van der Waals surface area contributed by atoms with E-state index < -0.39 is 5.97 Å². The first kappa shape index (κ1) is 12.1. The maximum Gasteiger partial charge on any atom is 0.307 e. The molecule has 0 saturated carbocycles. The number of aliphatic carboxylic acids is 1. The summed E-state index contributed by atoms with van der Waals surface area (Å²) in [7, 11) is 0. The lowest BCUT2D eigenvalue weighted by atomic mass is 10.1. The van der Waals surface area contributed by atoms with Crippen molar-refractivity contribution in [1.29, 1.82) is 0 Å². The Morgan fingerprint density at radius 1 is 1.50 bits per heavy atom. The topological polar surface area (TPSA) is 66.8 Å². The summed E-state index contributed by atoms with van der Waals surface area (Å²) < 4.78 is 5.01. The van der Waals surface area contributed by atoms with Crippen molar-refractivity contribution >= 4 is 12.0 Å². The Morgan fingerprint density at radius 3 is 2.88 bits per heavy atom. The highest BCUT2D eigenvalue weighted by molar-refractivity contribution is 5.71. The molecule has 0 atom stereocenters.